The number of alkyl halides is 1. The molecule has 0 saturated carbocycles. The molecule has 0 radical (unpaired) electrons. The van der Waals surface area contributed by atoms with Gasteiger partial charge in [0.05, 0.1) is 6.67 Å². The highest BCUT2D eigenvalue weighted by Crippen LogP contribution is 2.21. The van der Waals surface area contributed by atoms with Crippen molar-refractivity contribution in [2.24, 2.45) is 11.7 Å². The van der Waals surface area contributed by atoms with Gasteiger partial charge in [-0.2, -0.15) is 0 Å². The van der Waals surface area contributed by atoms with Crippen LogP contribution in [0.4, 0.5) is 4.39 Å². The van der Waals surface area contributed by atoms with Crippen LogP contribution in [0.1, 0.15) is 19.8 Å². The molecule has 80 valence electrons. The quantitative estimate of drug-likeness (QED) is 0.701. The maximum atomic E-state index is 12.3. The lowest BCUT2D eigenvalue weighted by Gasteiger charge is -2.24. The number of primary amides is 1. The van der Waals surface area contributed by atoms with E-state index in [1.807, 2.05) is 0 Å². The van der Waals surface area contributed by atoms with Crippen molar-refractivity contribution in [3.63, 3.8) is 0 Å². The van der Waals surface area contributed by atoms with E-state index in [0.29, 0.717) is 13.0 Å². The van der Waals surface area contributed by atoms with Crippen LogP contribution in [0.2, 0.25) is 0 Å². The standard InChI is InChI=1S/C9H15FN2O2/c1-2-7(9(11)14)12-5-6(4-10)3-8(12)13/h6-7H,2-5H2,1H3,(H2,11,14)/t6?,7-/m0/s1. The zero-order chi connectivity index (χ0) is 10.7. The van der Waals surface area contributed by atoms with Crippen LogP contribution in [-0.2, 0) is 9.59 Å². The third kappa shape index (κ3) is 2.02. The Morgan fingerprint density at radius 3 is 2.79 bits per heavy atom. The number of hydrogen-bond donors (Lipinski definition) is 1. The fourth-order valence-corrected chi connectivity index (χ4v) is 1.79. The van der Waals surface area contributed by atoms with Crippen molar-refractivity contribution in [2.75, 3.05) is 13.2 Å². The van der Waals surface area contributed by atoms with Crippen molar-refractivity contribution in [3.05, 3.63) is 0 Å². The van der Waals surface area contributed by atoms with Crippen molar-refractivity contribution in [1.29, 1.82) is 0 Å². The molecule has 1 rings (SSSR count). The first-order valence-corrected chi connectivity index (χ1v) is 4.74. The number of likely N-dealkylation sites (tertiary alicyclic amines) is 1. The molecule has 2 atom stereocenters. The summed E-state index contributed by atoms with van der Waals surface area (Å²) in [6, 6.07) is -0.570. The van der Waals surface area contributed by atoms with Gasteiger partial charge in [0.25, 0.3) is 0 Å². The first-order chi connectivity index (χ1) is 6.60. The molecule has 0 aliphatic carbocycles. The van der Waals surface area contributed by atoms with Crippen molar-refractivity contribution in [1.82, 2.24) is 4.90 Å². The van der Waals surface area contributed by atoms with Crippen LogP contribution >= 0.6 is 0 Å². The average Bonchev–Trinajstić information content (AvgIpc) is 2.48. The number of carbonyl (C=O) groups excluding carboxylic acids is 2. The number of amides is 2. The third-order valence-corrected chi connectivity index (χ3v) is 2.55. The van der Waals surface area contributed by atoms with Gasteiger partial charge in [0.1, 0.15) is 6.04 Å². The highest BCUT2D eigenvalue weighted by molar-refractivity contribution is 5.87. The van der Waals surface area contributed by atoms with Gasteiger partial charge in [0.2, 0.25) is 11.8 Å². The molecule has 14 heavy (non-hydrogen) atoms. The molecular formula is C9H15FN2O2. The van der Waals surface area contributed by atoms with E-state index in [-0.39, 0.29) is 18.2 Å². The lowest BCUT2D eigenvalue weighted by atomic mass is 10.1. The number of halogens is 1. The second-order valence-electron chi connectivity index (χ2n) is 3.60. The first-order valence-electron chi connectivity index (χ1n) is 4.74. The van der Waals surface area contributed by atoms with Crippen molar-refractivity contribution in [2.45, 2.75) is 25.8 Å². The summed E-state index contributed by atoms with van der Waals surface area (Å²) in [6.45, 7) is 1.58. The highest BCUT2D eigenvalue weighted by Gasteiger charge is 2.35. The average molecular weight is 202 g/mol. The Kier molecular flexibility index (Phi) is 3.43. The minimum atomic E-state index is -0.570. The molecule has 4 nitrogen and oxygen atoms in total. The monoisotopic (exact) mass is 202 g/mol. The predicted octanol–water partition coefficient (Wildman–Crippen LogP) is 0.0683. The molecule has 1 aliphatic heterocycles. The third-order valence-electron chi connectivity index (χ3n) is 2.55. The van der Waals surface area contributed by atoms with Crippen LogP contribution in [0, 0.1) is 5.92 Å². The Hall–Kier alpha value is -1.13. The molecule has 0 aromatic carbocycles. The molecular weight excluding hydrogens is 187 g/mol. The Balaban J connectivity index is 2.68. The zero-order valence-corrected chi connectivity index (χ0v) is 8.20. The molecule has 1 heterocycles. The Labute approximate surface area is 82.2 Å². The summed E-state index contributed by atoms with van der Waals surface area (Å²) in [5.41, 5.74) is 5.15. The summed E-state index contributed by atoms with van der Waals surface area (Å²) in [4.78, 5) is 23.8. The Bertz CT molecular complexity index is 245. The van der Waals surface area contributed by atoms with E-state index in [1.54, 1.807) is 6.92 Å². The van der Waals surface area contributed by atoms with Gasteiger partial charge in [0, 0.05) is 18.9 Å². The summed E-state index contributed by atoms with van der Waals surface area (Å²) in [7, 11) is 0. The van der Waals surface area contributed by atoms with E-state index < -0.39 is 18.6 Å². The van der Waals surface area contributed by atoms with Crippen LogP contribution in [-0.4, -0.2) is 36.0 Å². The van der Waals surface area contributed by atoms with Gasteiger partial charge >= 0.3 is 0 Å². The number of carbonyl (C=O) groups is 2. The van der Waals surface area contributed by atoms with Gasteiger partial charge in [-0.15, -0.1) is 0 Å². The van der Waals surface area contributed by atoms with Crippen LogP contribution < -0.4 is 5.73 Å². The van der Waals surface area contributed by atoms with E-state index in [1.165, 1.54) is 4.90 Å². The Morgan fingerprint density at radius 1 is 1.79 bits per heavy atom. The topological polar surface area (TPSA) is 63.4 Å². The van der Waals surface area contributed by atoms with Gasteiger partial charge in [-0.3, -0.25) is 14.0 Å². The summed E-state index contributed by atoms with van der Waals surface area (Å²) in [6.07, 6.45) is 0.681. The normalized spacial score (nSPS) is 24.0. The van der Waals surface area contributed by atoms with E-state index in [2.05, 4.69) is 0 Å². The molecule has 0 spiro atoms. The summed E-state index contributed by atoms with van der Waals surface area (Å²) in [5.74, 6) is -0.949. The number of nitrogens with zero attached hydrogens (tertiary/aromatic N) is 1. The van der Waals surface area contributed by atoms with Crippen molar-refractivity contribution < 1.29 is 14.0 Å². The molecule has 2 amide bonds. The number of rotatable bonds is 4. The summed E-state index contributed by atoms with van der Waals surface area (Å²) in [5, 5.41) is 0. The van der Waals surface area contributed by atoms with Crippen molar-refractivity contribution >= 4 is 11.8 Å². The van der Waals surface area contributed by atoms with Gasteiger partial charge < -0.3 is 10.6 Å². The van der Waals surface area contributed by atoms with E-state index in [0.717, 1.165) is 0 Å². The predicted molar refractivity (Wildman–Crippen MR) is 49.1 cm³/mol. The van der Waals surface area contributed by atoms with Crippen LogP contribution in [0.3, 0.4) is 0 Å². The maximum absolute atomic E-state index is 12.3. The number of hydrogen-bond acceptors (Lipinski definition) is 2. The summed E-state index contributed by atoms with van der Waals surface area (Å²) < 4.78 is 12.3. The van der Waals surface area contributed by atoms with Crippen LogP contribution in [0.15, 0.2) is 0 Å². The molecule has 1 fully saturated rings. The lowest BCUT2D eigenvalue weighted by molar-refractivity contribution is -0.136. The molecule has 5 heteroatoms. The zero-order valence-electron chi connectivity index (χ0n) is 8.20. The first kappa shape index (κ1) is 10.9. The SMILES string of the molecule is CC[C@@H](C(N)=O)N1CC(CF)CC1=O. The summed E-state index contributed by atoms with van der Waals surface area (Å²) >= 11 is 0. The molecule has 1 aliphatic rings. The molecule has 1 saturated heterocycles. The smallest absolute Gasteiger partial charge is 0.240 e. The lowest BCUT2D eigenvalue weighted by Crippen LogP contribution is -2.45. The molecule has 0 aromatic heterocycles. The largest absolute Gasteiger partial charge is 0.368 e. The second-order valence-corrected chi connectivity index (χ2v) is 3.60. The minimum Gasteiger partial charge on any atom is -0.368 e. The molecule has 1 unspecified atom stereocenters. The Morgan fingerprint density at radius 2 is 2.43 bits per heavy atom. The molecule has 0 aromatic rings. The van der Waals surface area contributed by atoms with E-state index in [4.69, 9.17) is 5.73 Å². The molecule has 0 bridgehead atoms. The second kappa shape index (κ2) is 4.39. The minimum absolute atomic E-state index is 0.168. The van der Waals surface area contributed by atoms with Crippen molar-refractivity contribution in [3.8, 4) is 0 Å². The van der Waals surface area contributed by atoms with E-state index in [9.17, 15) is 14.0 Å². The number of nitrogens with two attached hydrogens (primary N) is 1. The maximum Gasteiger partial charge on any atom is 0.240 e. The highest BCUT2D eigenvalue weighted by atomic mass is 19.1. The van der Waals surface area contributed by atoms with E-state index >= 15 is 0 Å². The van der Waals surface area contributed by atoms with Gasteiger partial charge in [-0.25, -0.2) is 0 Å². The van der Waals surface area contributed by atoms with Crippen LogP contribution in [0.25, 0.3) is 0 Å². The fraction of sp³-hybridized carbons (Fsp3) is 0.778. The van der Waals surface area contributed by atoms with Gasteiger partial charge in [-0.05, 0) is 6.42 Å². The van der Waals surface area contributed by atoms with Gasteiger partial charge in [0.15, 0.2) is 0 Å². The molecule has 2 N–H and O–H groups in total. The van der Waals surface area contributed by atoms with Crippen LogP contribution in [0.5, 0.6) is 0 Å². The van der Waals surface area contributed by atoms with Gasteiger partial charge in [-0.1, -0.05) is 6.92 Å². The fourth-order valence-electron chi connectivity index (χ4n) is 1.79.